The van der Waals surface area contributed by atoms with Gasteiger partial charge in [0.05, 0.1) is 17.2 Å². The van der Waals surface area contributed by atoms with Crippen molar-refractivity contribution in [2.24, 2.45) is 0 Å². The summed E-state index contributed by atoms with van der Waals surface area (Å²) in [5.41, 5.74) is 5.26. The average molecular weight is 288 g/mol. The van der Waals surface area contributed by atoms with Crippen molar-refractivity contribution in [1.82, 2.24) is 4.31 Å². The predicted molar refractivity (Wildman–Crippen MR) is 69.6 cm³/mol. The fraction of sp³-hybridized carbons (Fsp3) is 0.500. The lowest BCUT2D eigenvalue weighted by Gasteiger charge is -2.21. The highest BCUT2D eigenvalue weighted by molar-refractivity contribution is 7.89. The van der Waals surface area contributed by atoms with Gasteiger partial charge in [-0.1, -0.05) is 0 Å². The molecule has 0 spiro atoms. The van der Waals surface area contributed by atoms with Gasteiger partial charge in [0, 0.05) is 19.7 Å². The van der Waals surface area contributed by atoms with E-state index in [-0.39, 0.29) is 16.6 Å². The van der Waals surface area contributed by atoms with Gasteiger partial charge in [0.1, 0.15) is 5.82 Å². The van der Waals surface area contributed by atoms with Gasteiger partial charge in [0.2, 0.25) is 10.0 Å². The van der Waals surface area contributed by atoms with Crippen molar-refractivity contribution in [2.45, 2.75) is 23.8 Å². The fourth-order valence-corrected chi connectivity index (χ4v) is 3.57. The van der Waals surface area contributed by atoms with Crippen LogP contribution in [0.3, 0.4) is 0 Å². The molecule has 0 atom stereocenters. The van der Waals surface area contributed by atoms with Crippen molar-refractivity contribution >= 4 is 15.7 Å². The number of ether oxygens (including phenoxy) is 1. The normalized spacial score (nSPS) is 15.9. The molecule has 0 unspecified atom stereocenters. The van der Waals surface area contributed by atoms with E-state index >= 15 is 0 Å². The molecule has 1 fully saturated rings. The van der Waals surface area contributed by atoms with Crippen LogP contribution in [0.15, 0.2) is 23.1 Å². The van der Waals surface area contributed by atoms with Gasteiger partial charge in [-0.2, -0.15) is 4.31 Å². The van der Waals surface area contributed by atoms with Crippen LogP contribution in [0.1, 0.15) is 12.8 Å². The Kier molecular flexibility index (Phi) is 4.07. The van der Waals surface area contributed by atoms with E-state index in [9.17, 15) is 12.8 Å². The molecule has 0 radical (unpaired) electrons. The average Bonchev–Trinajstić information content (AvgIpc) is 3.17. The lowest BCUT2D eigenvalue weighted by Crippen LogP contribution is -2.35. The van der Waals surface area contributed by atoms with Crippen molar-refractivity contribution in [2.75, 3.05) is 26.0 Å². The summed E-state index contributed by atoms with van der Waals surface area (Å²) < 4.78 is 44.4. The van der Waals surface area contributed by atoms with Crippen LogP contribution in [0.2, 0.25) is 0 Å². The molecule has 1 aromatic rings. The Hall–Kier alpha value is -1.18. The minimum Gasteiger partial charge on any atom is -0.396 e. The quantitative estimate of drug-likeness (QED) is 0.799. The van der Waals surface area contributed by atoms with Gasteiger partial charge in [-0.05, 0) is 31.0 Å². The SMILES string of the molecule is COCCN(C1CC1)S(=O)(=O)c1ccc(F)c(N)c1. The second-order valence-corrected chi connectivity index (χ2v) is 6.41. The van der Waals surface area contributed by atoms with Crippen molar-refractivity contribution in [3.8, 4) is 0 Å². The Bertz CT molecular complexity index is 558. The molecule has 0 aliphatic heterocycles. The minimum absolute atomic E-state index is 0.0198. The number of nitrogen functional groups attached to an aromatic ring is 1. The number of sulfonamides is 1. The maximum absolute atomic E-state index is 13.1. The Morgan fingerprint density at radius 1 is 1.47 bits per heavy atom. The summed E-state index contributed by atoms with van der Waals surface area (Å²) in [5.74, 6) is -0.617. The summed E-state index contributed by atoms with van der Waals surface area (Å²) in [4.78, 5) is 0.0226. The molecule has 0 saturated heterocycles. The van der Waals surface area contributed by atoms with Crippen LogP contribution < -0.4 is 5.73 Å². The second-order valence-electron chi connectivity index (χ2n) is 4.52. The maximum atomic E-state index is 13.1. The number of benzene rings is 1. The number of hydrogen-bond acceptors (Lipinski definition) is 4. The van der Waals surface area contributed by atoms with E-state index in [1.54, 1.807) is 0 Å². The molecule has 2 N–H and O–H groups in total. The Morgan fingerprint density at radius 2 is 2.16 bits per heavy atom. The highest BCUT2D eigenvalue weighted by Crippen LogP contribution is 2.32. The van der Waals surface area contributed by atoms with E-state index in [0.717, 1.165) is 25.0 Å². The molecule has 0 amide bonds. The molecular weight excluding hydrogens is 271 g/mol. The maximum Gasteiger partial charge on any atom is 0.243 e. The summed E-state index contributed by atoms with van der Waals surface area (Å²) in [6.45, 7) is 0.618. The zero-order valence-corrected chi connectivity index (χ0v) is 11.5. The molecule has 1 aliphatic carbocycles. The van der Waals surface area contributed by atoms with Crippen molar-refractivity contribution in [3.63, 3.8) is 0 Å². The largest absolute Gasteiger partial charge is 0.396 e. The van der Waals surface area contributed by atoms with Crippen LogP contribution in [-0.4, -0.2) is 39.0 Å². The minimum atomic E-state index is -3.64. The fourth-order valence-electron chi connectivity index (χ4n) is 1.86. The standard InChI is InChI=1S/C12H17FN2O3S/c1-18-7-6-15(9-2-3-9)19(16,17)10-4-5-11(13)12(14)8-10/h4-5,8-9H,2-3,6-7,14H2,1H3. The summed E-state index contributed by atoms with van der Waals surface area (Å²) in [5, 5.41) is 0. The Morgan fingerprint density at radius 3 is 2.68 bits per heavy atom. The van der Waals surface area contributed by atoms with Gasteiger partial charge in [-0.3, -0.25) is 0 Å². The number of anilines is 1. The number of rotatable bonds is 6. The summed E-state index contributed by atoms with van der Waals surface area (Å²) >= 11 is 0. The lowest BCUT2D eigenvalue weighted by atomic mass is 10.3. The van der Waals surface area contributed by atoms with Crippen LogP contribution >= 0.6 is 0 Å². The van der Waals surface area contributed by atoms with E-state index in [4.69, 9.17) is 10.5 Å². The Labute approximate surface area is 112 Å². The van der Waals surface area contributed by atoms with Crippen LogP contribution in [0, 0.1) is 5.82 Å². The number of halogens is 1. The van der Waals surface area contributed by atoms with Crippen molar-refractivity contribution in [3.05, 3.63) is 24.0 Å². The van der Waals surface area contributed by atoms with E-state index < -0.39 is 15.8 Å². The zero-order valence-electron chi connectivity index (χ0n) is 10.7. The second kappa shape index (κ2) is 5.44. The van der Waals surface area contributed by atoms with Crippen molar-refractivity contribution < 1.29 is 17.5 Å². The lowest BCUT2D eigenvalue weighted by molar-refractivity contribution is 0.177. The number of nitrogens with zero attached hydrogens (tertiary/aromatic N) is 1. The molecule has 0 aromatic heterocycles. The Balaban J connectivity index is 2.30. The topological polar surface area (TPSA) is 72.6 Å². The highest BCUT2D eigenvalue weighted by atomic mass is 32.2. The predicted octanol–water partition coefficient (Wildman–Crippen LogP) is 1.21. The third-order valence-electron chi connectivity index (χ3n) is 3.04. The van der Waals surface area contributed by atoms with E-state index in [1.807, 2.05) is 0 Å². The number of hydrogen-bond donors (Lipinski definition) is 1. The molecule has 1 aromatic carbocycles. The summed E-state index contributed by atoms with van der Waals surface area (Å²) in [6, 6.07) is 3.49. The molecule has 106 valence electrons. The van der Waals surface area contributed by atoms with Gasteiger partial charge in [-0.15, -0.1) is 0 Å². The van der Waals surface area contributed by atoms with Crippen LogP contribution in [0.5, 0.6) is 0 Å². The number of nitrogens with two attached hydrogens (primary N) is 1. The third kappa shape index (κ3) is 3.05. The van der Waals surface area contributed by atoms with Gasteiger partial charge in [0.15, 0.2) is 0 Å². The van der Waals surface area contributed by atoms with Crippen LogP contribution in [-0.2, 0) is 14.8 Å². The molecule has 1 saturated carbocycles. The molecular formula is C12H17FN2O3S. The van der Waals surface area contributed by atoms with Crippen molar-refractivity contribution in [1.29, 1.82) is 0 Å². The first-order chi connectivity index (χ1) is 8.96. The van der Waals surface area contributed by atoms with Crippen LogP contribution in [0.4, 0.5) is 10.1 Å². The van der Waals surface area contributed by atoms with Gasteiger partial charge in [0.25, 0.3) is 0 Å². The molecule has 5 nitrogen and oxygen atoms in total. The summed E-state index contributed by atoms with van der Waals surface area (Å²) in [7, 11) is -2.12. The van der Waals surface area contributed by atoms with Gasteiger partial charge < -0.3 is 10.5 Å². The first kappa shape index (κ1) is 14.2. The molecule has 2 rings (SSSR count). The van der Waals surface area contributed by atoms with E-state index in [2.05, 4.69) is 0 Å². The molecule has 7 heteroatoms. The third-order valence-corrected chi connectivity index (χ3v) is 4.99. The smallest absolute Gasteiger partial charge is 0.243 e. The summed E-state index contributed by atoms with van der Waals surface area (Å²) in [6.07, 6.45) is 1.69. The first-order valence-electron chi connectivity index (χ1n) is 6.02. The molecule has 19 heavy (non-hydrogen) atoms. The van der Waals surface area contributed by atoms with E-state index in [0.29, 0.717) is 13.2 Å². The molecule has 0 bridgehead atoms. The molecule has 1 aliphatic rings. The van der Waals surface area contributed by atoms with Gasteiger partial charge >= 0.3 is 0 Å². The van der Waals surface area contributed by atoms with Crippen LogP contribution in [0.25, 0.3) is 0 Å². The number of methoxy groups -OCH3 is 1. The van der Waals surface area contributed by atoms with E-state index in [1.165, 1.54) is 17.5 Å². The van der Waals surface area contributed by atoms with Gasteiger partial charge in [-0.25, -0.2) is 12.8 Å². The monoisotopic (exact) mass is 288 g/mol. The first-order valence-corrected chi connectivity index (χ1v) is 7.46. The zero-order chi connectivity index (χ0) is 14.0. The molecule has 0 heterocycles. The highest BCUT2D eigenvalue weighted by Gasteiger charge is 2.37.